The Balaban J connectivity index is 1.86. The molecule has 0 aliphatic carbocycles. The SMILES string of the molecule is COCC1(C(=O)ON2C(=O)c3ccccc3C2=O)CCCN1C(=O)OC(C)(C)C. The number of carbonyl (C=O) groups excluding carboxylic acids is 4. The van der Waals surface area contributed by atoms with Gasteiger partial charge in [0, 0.05) is 13.7 Å². The summed E-state index contributed by atoms with van der Waals surface area (Å²) < 4.78 is 10.6. The number of benzene rings is 1. The third kappa shape index (κ3) is 3.69. The van der Waals surface area contributed by atoms with Crippen molar-refractivity contribution in [2.24, 2.45) is 0 Å². The summed E-state index contributed by atoms with van der Waals surface area (Å²) in [5.41, 5.74) is -1.94. The summed E-state index contributed by atoms with van der Waals surface area (Å²) in [5, 5.41) is 0.440. The van der Waals surface area contributed by atoms with Gasteiger partial charge in [0.05, 0.1) is 17.7 Å². The van der Waals surface area contributed by atoms with Gasteiger partial charge in [0.25, 0.3) is 11.8 Å². The smallest absolute Gasteiger partial charge is 0.411 e. The van der Waals surface area contributed by atoms with E-state index in [4.69, 9.17) is 14.3 Å². The lowest BCUT2D eigenvalue weighted by Crippen LogP contribution is -2.59. The number of ether oxygens (including phenoxy) is 2. The van der Waals surface area contributed by atoms with E-state index in [1.165, 1.54) is 24.1 Å². The Kier molecular flexibility index (Phi) is 5.36. The zero-order chi connectivity index (χ0) is 21.4. The summed E-state index contributed by atoms with van der Waals surface area (Å²) in [6.45, 7) is 5.26. The van der Waals surface area contributed by atoms with Crippen molar-refractivity contribution >= 4 is 23.9 Å². The van der Waals surface area contributed by atoms with E-state index in [1.54, 1.807) is 32.9 Å². The Morgan fingerprint density at radius 3 is 2.21 bits per heavy atom. The van der Waals surface area contributed by atoms with E-state index in [0.717, 1.165) is 0 Å². The van der Waals surface area contributed by atoms with Crippen molar-refractivity contribution in [1.82, 2.24) is 9.96 Å². The maximum absolute atomic E-state index is 13.1. The van der Waals surface area contributed by atoms with Crippen molar-refractivity contribution in [2.45, 2.75) is 44.8 Å². The Bertz CT molecular complexity index is 826. The number of hydrogen-bond donors (Lipinski definition) is 0. The average molecular weight is 404 g/mol. The highest BCUT2D eigenvalue weighted by atomic mass is 16.7. The maximum Gasteiger partial charge on any atom is 0.411 e. The molecule has 1 aromatic carbocycles. The summed E-state index contributed by atoms with van der Waals surface area (Å²) in [6.07, 6.45) is 0.0772. The highest BCUT2D eigenvalue weighted by molar-refractivity contribution is 6.21. The molecule has 9 nitrogen and oxygen atoms in total. The molecule has 0 saturated carbocycles. The van der Waals surface area contributed by atoms with E-state index in [2.05, 4.69) is 0 Å². The number of methoxy groups -OCH3 is 1. The van der Waals surface area contributed by atoms with Gasteiger partial charge in [0.2, 0.25) is 0 Å². The quantitative estimate of drug-likeness (QED) is 0.709. The molecule has 0 spiro atoms. The standard InChI is InChI=1S/C20H24N2O7/c1-19(2,3)28-18(26)21-11-7-10-20(21,12-27-4)17(25)29-22-15(23)13-8-5-6-9-14(13)16(22)24/h5-6,8-9H,7,10-12H2,1-4H3. The van der Waals surface area contributed by atoms with Gasteiger partial charge in [-0.05, 0) is 45.7 Å². The minimum Gasteiger partial charge on any atom is -0.444 e. The first-order chi connectivity index (χ1) is 13.6. The first kappa shape index (κ1) is 20.8. The number of hydroxylamine groups is 2. The highest BCUT2D eigenvalue weighted by Crippen LogP contribution is 2.34. The second kappa shape index (κ2) is 7.47. The molecule has 29 heavy (non-hydrogen) atoms. The van der Waals surface area contributed by atoms with Crippen molar-refractivity contribution in [3.63, 3.8) is 0 Å². The number of hydrogen-bond acceptors (Lipinski definition) is 7. The van der Waals surface area contributed by atoms with Crippen molar-refractivity contribution in [3.05, 3.63) is 35.4 Å². The van der Waals surface area contributed by atoms with Crippen LogP contribution in [0.3, 0.4) is 0 Å². The molecule has 9 heteroatoms. The fourth-order valence-corrected chi connectivity index (χ4v) is 3.54. The zero-order valence-corrected chi connectivity index (χ0v) is 16.9. The molecule has 1 aromatic rings. The lowest BCUT2D eigenvalue weighted by Gasteiger charge is -2.36. The largest absolute Gasteiger partial charge is 0.444 e. The molecular formula is C20H24N2O7. The predicted octanol–water partition coefficient (Wildman–Crippen LogP) is 2.16. The van der Waals surface area contributed by atoms with Crippen molar-refractivity contribution < 1.29 is 33.5 Å². The maximum atomic E-state index is 13.1. The van der Waals surface area contributed by atoms with Crippen LogP contribution in [-0.4, -0.2) is 65.2 Å². The molecule has 0 N–H and O–H groups in total. The topological polar surface area (TPSA) is 102 Å². The van der Waals surface area contributed by atoms with Crippen LogP contribution in [0.5, 0.6) is 0 Å². The number of fused-ring (bicyclic) bond motifs is 1. The normalized spacial score (nSPS) is 21.4. The van der Waals surface area contributed by atoms with Gasteiger partial charge in [-0.15, -0.1) is 0 Å². The molecule has 1 fully saturated rings. The number of likely N-dealkylation sites (tertiary alicyclic amines) is 1. The van der Waals surface area contributed by atoms with Gasteiger partial charge < -0.3 is 14.3 Å². The molecule has 2 aliphatic heterocycles. The van der Waals surface area contributed by atoms with Crippen LogP contribution in [0.1, 0.15) is 54.3 Å². The molecule has 156 valence electrons. The highest BCUT2D eigenvalue weighted by Gasteiger charge is 2.54. The Morgan fingerprint density at radius 2 is 1.69 bits per heavy atom. The fourth-order valence-electron chi connectivity index (χ4n) is 3.54. The Morgan fingerprint density at radius 1 is 1.10 bits per heavy atom. The number of imide groups is 1. The van der Waals surface area contributed by atoms with Crippen LogP contribution < -0.4 is 0 Å². The van der Waals surface area contributed by atoms with Crippen LogP contribution >= 0.6 is 0 Å². The zero-order valence-electron chi connectivity index (χ0n) is 16.9. The molecule has 2 aliphatic rings. The van der Waals surface area contributed by atoms with Crippen LogP contribution in [0.2, 0.25) is 0 Å². The van der Waals surface area contributed by atoms with Gasteiger partial charge >= 0.3 is 12.1 Å². The molecule has 3 rings (SSSR count). The summed E-state index contributed by atoms with van der Waals surface area (Å²) >= 11 is 0. The second-order valence-electron chi connectivity index (χ2n) is 8.03. The van der Waals surface area contributed by atoms with Crippen molar-refractivity contribution in [1.29, 1.82) is 0 Å². The minimum atomic E-state index is -1.49. The first-order valence-corrected chi connectivity index (χ1v) is 9.30. The Labute approximate surface area is 168 Å². The summed E-state index contributed by atoms with van der Waals surface area (Å²) in [7, 11) is 1.39. The van der Waals surface area contributed by atoms with Crippen molar-refractivity contribution in [3.8, 4) is 0 Å². The van der Waals surface area contributed by atoms with Crippen LogP contribution in [0, 0.1) is 0 Å². The van der Waals surface area contributed by atoms with Crippen LogP contribution in [0.4, 0.5) is 4.79 Å². The monoisotopic (exact) mass is 404 g/mol. The van der Waals surface area contributed by atoms with Crippen LogP contribution in [0.25, 0.3) is 0 Å². The van der Waals surface area contributed by atoms with Crippen LogP contribution in [-0.2, 0) is 19.1 Å². The van der Waals surface area contributed by atoms with E-state index in [0.29, 0.717) is 11.5 Å². The number of carbonyl (C=O) groups is 4. The molecule has 0 radical (unpaired) electrons. The van der Waals surface area contributed by atoms with E-state index in [-0.39, 0.29) is 30.7 Å². The average Bonchev–Trinajstić information content (AvgIpc) is 3.17. The first-order valence-electron chi connectivity index (χ1n) is 9.30. The van der Waals surface area contributed by atoms with E-state index in [1.807, 2.05) is 0 Å². The lowest BCUT2D eigenvalue weighted by molar-refractivity contribution is -0.184. The third-order valence-corrected chi connectivity index (χ3v) is 4.80. The van der Waals surface area contributed by atoms with Gasteiger partial charge in [-0.3, -0.25) is 14.5 Å². The third-order valence-electron chi connectivity index (χ3n) is 4.80. The van der Waals surface area contributed by atoms with Gasteiger partial charge in [-0.25, -0.2) is 9.59 Å². The molecule has 1 saturated heterocycles. The molecule has 0 aromatic heterocycles. The molecule has 1 atom stereocenters. The van der Waals surface area contributed by atoms with Gasteiger partial charge in [-0.1, -0.05) is 17.2 Å². The predicted molar refractivity (Wildman–Crippen MR) is 99.8 cm³/mol. The van der Waals surface area contributed by atoms with E-state index < -0.39 is 35.0 Å². The van der Waals surface area contributed by atoms with Gasteiger partial charge in [0.1, 0.15) is 5.60 Å². The molecule has 1 unspecified atom stereocenters. The van der Waals surface area contributed by atoms with Crippen LogP contribution in [0.15, 0.2) is 24.3 Å². The molecule has 0 bridgehead atoms. The molecule has 2 heterocycles. The number of amides is 3. The molecule has 3 amide bonds. The van der Waals surface area contributed by atoms with E-state index in [9.17, 15) is 19.2 Å². The van der Waals surface area contributed by atoms with Gasteiger partial charge in [0.15, 0.2) is 5.54 Å². The summed E-state index contributed by atoms with van der Waals surface area (Å²) in [4.78, 5) is 57.3. The summed E-state index contributed by atoms with van der Waals surface area (Å²) in [5.74, 6) is -2.38. The Hall–Kier alpha value is -2.94. The lowest BCUT2D eigenvalue weighted by atomic mass is 9.97. The number of nitrogens with zero attached hydrogens (tertiary/aromatic N) is 2. The molecular weight excluding hydrogens is 380 g/mol. The fraction of sp³-hybridized carbons (Fsp3) is 0.500. The van der Waals surface area contributed by atoms with Crippen molar-refractivity contribution in [2.75, 3.05) is 20.3 Å². The summed E-state index contributed by atoms with van der Waals surface area (Å²) in [6, 6.07) is 6.19. The van der Waals surface area contributed by atoms with Gasteiger partial charge in [-0.2, -0.15) is 0 Å². The minimum absolute atomic E-state index is 0.154. The number of rotatable bonds is 4. The second-order valence-corrected chi connectivity index (χ2v) is 8.03. The van der Waals surface area contributed by atoms with E-state index >= 15 is 0 Å².